The lowest BCUT2D eigenvalue weighted by Crippen LogP contribution is -2.46. The monoisotopic (exact) mass is 396 g/mol. The van der Waals surface area contributed by atoms with Gasteiger partial charge in [-0.05, 0) is 46.0 Å². The minimum absolute atomic E-state index is 0.0939. The van der Waals surface area contributed by atoms with Crippen LogP contribution < -0.4 is 5.32 Å². The number of hydroxylamine groups is 3. The molecular formula is C24H48N2O2. The predicted octanol–water partition coefficient (Wildman–Crippen LogP) is 6.49. The number of hydrogen-bond acceptors (Lipinski definition) is 2. The van der Waals surface area contributed by atoms with Crippen LogP contribution in [0, 0.1) is 5.21 Å². The summed E-state index contributed by atoms with van der Waals surface area (Å²) in [5.41, 5.74) is 0. The fourth-order valence-corrected chi connectivity index (χ4v) is 3.38. The highest BCUT2D eigenvalue weighted by molar-refractivity contribution is 5.75. The molecule has 0 bridgehead atoms. The molecule has 0 atom stereocenters. The van der Waals surface area contributed by atoms with Gasteiger partial charge in [-0.3, -0.25) is 4.79 Å². The van der Waals surface area contributed by atoms with Crippen molar-refractivity contribution in [3.8, 4) is 0 Å². The second-order valence-corrected chi connectivity index (χ2v) is 8.10. The molecule has 0 fully saturated rings. The molecule has 0 aromatic carbocycles. The Morgan fingerprint density at radius 3 is 1.82 bits per heavy atom. The molecule has 4 nitrogen and oxygen atoms in total. The average Bonchev–Trinajstić information content (AvgIpc) is 2.70. The van der Waals surface area contributed by atoms with Crippen molar-refractivity contribution in [2.75, 3.05) is 26.2 Å². The van der Waals surface area contributed by atoms with Gasteiger partial charge in [0, 0.05) is 6.42 Å². The summed E-state index contributed by atoms with van der Waals surface area (Å²) in [4.78, 5) is 11.8. The summed E-state index contributed by atoms with van der Waals surface area (Å²) in [6, 6.07) is 0. The van der Waals surface area contributed by atoms with E-state index in [1.807, 2.05) is 13.8 Å². The first-order valence-electron chi connectivity index (χ1n) is 12.1. The molecule has 4 heteroatoms. The van der Waals surface area contributed by atoms with Crippen LogP contribution in [0.1, 0.15) is 111 Å². The third-order valence-corrected chi connectivity index (χ3v) is 5.66. The van der Waals surface area contributed by atoms with E-state index in [-0.39, 0.29) is 10.6 Å². The molecule has 1 N–H and O–H groups in total. The van der Waals surface area contributed by atoms with E-state index >= 15 is 0 Å². The number of carbonyl (C=O) groups is 1. The van der Waals surface area contributed by atoms with Crippen LogP contribution in [0.15, 0.2) is 12.2 Å². The third-order valence-electron chi connectivity index (χ3n) is 5.66. The lowest BCUT2D eigenvalue weighted by atomic mass is 10.1. The van der Waals surface area contributed by atoms with Crippen LogP contribution in [-0.2, 0) is 4.79 Å². The Labute approximate surface area is 175 Å². The lowest BCUT2D eigenvalue weighted by molar-refractivity contribution is -0.875. The van der Waals surface area contributed by atoms with Gasteiger partial charge in [-0.25, -0.2) is 0 Å². The van der Waals surface area contributed by atoms with Gasteiger partial charge in [0.05, 0.1) is 26.2 Å². The Kier molecular flexibility index (Phi) is 18.8. The van der Waals surface area contributed by atoms with Gasteiger partial charge in [0.15, 0.2) is 0 Å². The molecule has 0 aliphatic rings. The van der Waals surface area contributed by atoms with Crippen molar-refractivity contribution in [3.05, 3.63) is 17.4 Å². The average molecular weight is 397 g/mol. The summed E-state index contributed by atoms with van der Waals surface area (Å²) in [5.74, 6) is 0.0939. The highest BCUT2D eigenvalue weighted by Gasteiger charge is 2.11. The standard InChI is InChI=1S/C24H48N2O2/c1-4-7-8-9-10-11-12-13-14-15-16-17-18-19-20-21-24(27)25-22-23-26(28,5-2)6-3/h13-14H,4-12,15-23H2,1-3H3,(H,25,27). The summed E-state index contributed by atoms with van der Waals surface area (Å²) in [6.45, 7) is 8.19. The summed E-state index contributed by atoms with van der Waals surface area (Å²) in [5, 5.41) is 15.0. The van der Waals surface area contributed by atoms with Crippen LogP contribution in [0.25, 0.3) is 0 Å². The first kappa shape index (κ1) is 27.1. The Morgan fingerprint density at radius 2 is 1.29 bits per heavy atom. The lowest BCUT2D eigenvalue weighted by Gasteiger charge is -2.41. The fourth-order valence-electron chi connectivity index (χ4n) is 3.38. The SMILES string of the molecule is CCCCCCCCC=CCCCCCCCC(=O)NCC[N+]([O-])(CC)CC. The minimum atomic E-state index is -0.215. The van der Waals surface area contributed by atoms with E-state index in [9.17, 15) is 10.0 Å². The molecule has 0 saturated carbocycles. The summed E-state index contributed by atoms with van der Waals surface area (Å²) in [7, 11) is 0. The third kappa shape index (κ3) is 17.2. The first-order chi connectivity index (χ1) is 13.6. The van der Waals surface area contributed by atoms with Crippen LogP contribution in [0.4, 0.5) is 0 Å². The molecule has 0 aromatic rings. The van der Waals surface area contributed by atoms with Crippen molar-refractivity contribution >= 4 is 5.91 Å². The van der Waals surface area contributed by atoms with Gasteiger partial charge in [-0.15, -0.1) is 0 Å². The van der Waals surface area contributed by atoms with Gasteiger partial charge in [0.25, 0.3) is 0 Å². The van der Waals surface area contributed by atoms with Crippen molar-refractivity contribution in [3.63, 3.8) is 0 Å². The van der Waals surface area contributed by atoms with Crippen LogP contribution >= 0.6 is 0 Å². The van der Waals surface area contributed by atoms with E-state index in [2.05, 4.69) is 24.4 Å². The highest BCUT2D eigenvalue weighted by Crippen LogP contribution is 2.10. The number of unbranched alkanes of at least 4 members (excludes halogenated alkanes) is 11. The molecule has 28 heavy (non-hydrogen) atoms. The van der Waals surface area contributed by atoms with E-state index in [0.29, 0.717) is 32.6 Å². The Balaban J connectivity index is 3.36. The number of nitrogens with one attached hydrogen (secondary N) is 1. The van der Waals surface area contributed by atoms with Gasteiger partial charge in [0.2, 0.25) is 5.91 Å². The van der Waals surface area contributed by atoms with Gasteiger partial charge >= 0.3 is 0 Å². The molecule has 0 aliphatic heterocycles. The molecule has 0 spiro atoms. The molecule has 1 amide bonds. The fraction of sp³-hybridized carbons (Fsp3) is 0.875. The molecular weight excluding hydrogens is 348 g/mol. The van der Waals surface area contributed by atoms with Crippen molar-refractivity contribution in [1.29, 1.82) is 0 Å². The number of nitrogens with zero attached hydrogens (tertiary/aromatic N) is 1. The molecule has 166 valence electrons. The molecule has 0 rings (SSSR count). The summed E-state index contributed by atoms with van der Waals surface area (Å²) in [6.07, 6.45) is 21.8. The Hall–Kier alpha value is -0.870. The summed E-state index contributed by atoms with van der Waals surface area (Å²) >= 11 is 0. The maximum atomic E-state index is 12.1. The minimum Gasteiger partial charge on any atom is -0.633 e. The number of rotatable bonds is 20. The zero-order valence-corrected chi connectivity index (χ0v) is 19.1. The number of allylic oxidation sites excluding steroid dienone is 2. The normalized spacial score (nSPS) is 12.0. The van der Waals surface area contributed by atoms with Crippen molar-refractivity contribution in [2.24, 2.45) is 0 Å². The maximum Gasteiger partial charge on any atom is 0.220 e. The zero-order valence-electron chi connectivity index (χ0n) is 19.1. The smallest absolute Gasteiger partial charge is 0.220 e. The molecule has 0 saturated heterocycles. The van der Waals surface area contributed by atoms with Crippen molar-refractivity contribution in [1.82, 2.24) is 5.32 Å². The van der Waals surface area contributed by atoms with Crippen molar-refractivity contribution < 1.29 is 9.44 Å². The topological polar surface area (TPSA) is 52.2 Å². The quantitative estimate of drug-likeness (QED) is 0.111. The maximum absolute atomic E-state index is 12.1. The molecule has 0 aliphatic carbocycles. The number of carbonyl (C=O) groups excluding carboxylic acids is 1. The second-order valence-electron chi connectivity index (χ2n) is 8.10. The van der Waals surface area contributed by atoms with Crippen LogP contribution in [0.5, 0.6) is 0 Å². The second kappa shape index (κ2) is 19.4. The Bertz CT molecular complexity index is 379. The molecule has 0 unspecified atom stereocenters. The van der Waals surface area contributed by atoms with E-state index in [1.165, 1.54) is 70.6 Å². The number of amides is 1. The van der Waals surface area contributed by atoms with Gasteiger partial charge in [-0.1, -0.05) is 70.4 Å². The van der Waals surface area contributed by atoms with Crippen molar-refractivity contribution in [2.45, 2.75) is 111 Å². The van der Waals surface area contributed by atoms with Crippen LogP contribution in [0.2, 0.25) is 0 Å². The molecule has 0 heterocycles. The van der Waals surface area contributed by atoms with E-state index in [1.54, 1.807) is 0 Å². The summed E-state index contributed by atoms with van der Waals surface area (Å²) < 4.78 is -0.215. The van der Waals surface area contributed by atoms with Gasteiger partial charge < -0.3 is 15.2 Å². The first-order valence-corrected chi connectivity index (χ1v) is 12.1. The van der Waals surface area contributed by atoms with Gasteiger partial charge in [0.1, 0.15) is 0 Å². The van der Waals surface area contributed by atoms with Gasteiger partial charge in [-0.2, -0.15) is 0 Å². The zero-order chi connectivity index (χ0) is 20.9. The van der Waals surface area contributed by atoms with E-state index < -0.39 is 0 Å². The number of likely N-dealkylation sites (N-methyl/N-ethyl adjacent to an activating group) is 1. The van der Waals surface area contributed by atoms with Crippen LogP contribution in [-0.4, -0.2) is 36.7 Å². The predicted molar refractivity (Wildman–Crippen MR) is 122 cm³/mol. The molecule has 0 aromatic heterocycles. The van der Waals surface area contributed by atoms with E-state index in [4.69, 9.17) is 0 Å². The largest absolute Gasteiger partial charge is 0.633 e. The highest BCUT2D eigenvalue weighted by atomic mass is 16.5. The number of hydrogen-bond donors (Lipinski definition) is 1. The van der Waals surface area contributed by atoms with Crippen LogP contribution in [0.3, 0.4) is 0 Å². The number of quaternary nitrogens is 1. The molecule has 0 radical (unpaired) electrons. The Morgan fingerprint density at radius 1 is 0.786 bits per heavy atom. The van der Waals surface area contributed by atoms with E-state index in [0.717, 1.165) is 12.8 Å².